The fourth-order valence-electron chi connectivity index (χ4n) is 4.65. The Morgan fingerprint density at radius 3 is 2.34 bits per heavy atom. The number of nitrogens with zero attached hydrogens (tertiary/aromatic N) is 5. The van der Waals surface area contributed by atoms with Crippen molar-refractivity contribution in [2.75, 3.05) is 39.3 Å². The smallest absolute Gasteiger partial charge is 0.160 e. The number of aromatic nitrogens is 3. The van der Waals surface area contributed by atoms with Gasteiger partial charge in [-0.1, -0.05) is 50.3 Å². The predicted octanol–water partition coefficient (Wildman–Crippen LogP) is 4.70. The Kier molecular flexibility index (Phi) is 7.38. The van der Waals surface area contributed by atoms with Crippen LogP contribution in [-0.2, 0) is 13.0 Å². The zero-order chi connectivity index (χ0) is 22.5. The van der Waals surface area contributed by atoms with Gasteiger partial charge in [0.1, 0.15) is 11.3 Å². The SMILES string of the molecule is CCCN1CCN(C/C=C/c2ccc(Cn3c(CC)nc4c(C)cc(C)nc43)cc2)CC1. The number of imidazole rings is 1. The van der Waals surface area contributed by atoms with Crippen molar-refractivity contribution in [3.05, 3.63) is 64.6 Å². The molecule has 1 aromatic carbocycles. The van der Waals surface area contributed by atoms with Crippen LogP contribution in [0.25, 0.3) is 17.2 Å². The van der Waals surface area contributed by atoms with E-state index >= 15 is 0 Å². The van der Waals surface area contributed by atoms with Crippen LogP contribution < -0.4 is 0 Å². The molecule has 32 heavy (non-hydrogen) atoms. The molecular formula is C27H37N5. The Morgan fingerprint density at radius 1 is 0.938 bits per heavy atom. The maximum Gasteiger partial charge on any atom is 0.160 e. The van der Waals surface area contributed by atoms with Crippen molar-refractivity contribution in [3.63, 3.8) is 0 Å². The monoisotopic (exact) mass is 431 g/mol. The average molecular weight is 432 g/mol. The molecule has 1 fully saturated rings. The third kappa shape index (κ3) is 5.28. The van der Waals surface area contributed by atoms with Gasteiger partial charge in [-0.3, -0.25) is 4.90 Å². The van der Waals surface area contributed by atoms with Gasteiger partial charge in [0.25, 0.3) is 0 Å². The number of piperazine rings is 1. The second-order valence-electron chi connectivity index (χ2n) is 9.01. The molecule has 0 bridgehead atoms. The van der Waals surface area contributed by atoms with Crippen molar-refractivity contribution < 1.29 is 0 Å². The van der Waals surface area contributed by atoms with Crippen LogP contribution in [0.3, 0.4) is 0 Å². The predicted molar refractivity (Wildman–Crippen MR) is 134 cm³/mol. The number of hydrogen-bond acceptors (Lipinski definition) is 4. The zero-order valence-electron chi connectivity index (χ0n) is 20.1. The van der Waals surface area contributed by atoms with Crippen LogP contribution in [0.15, 0.2) is 36.4 Å². The molecule has 5 nitrogen and oxygen atoms in total. The molecule has 0 amide bonds. The van der Waals surface area contributed by atoms with E-state index in [1.807, 2.05) is 0 Å². The number of rotatable bonds is 8. The van der Waals surface area contributed by atoms with Gasteiger partial charge in [0, 0.05) is 44.8 Å². The minimum atomic E-state index is 0.807. The van der Waals surface area contributed by atoms with Crippen LogP contribution in [0.1, 0.15) is 48.5 Å². The van der Waals surface area contributed by atoms with Gasteiger partial charge >= 0.3 is 0 Å². The number of aryl methyl sites for hydroxylation is 3. The summed E-state index contributed by atoms with van der Waals surface area (Å²) in [6, 6.07) is 11.0. The average Bonchev–Trinajstić information content (AvgIpc) is 3.14. The molecule has 1 aliphatic heterocycles. The van der Waals surface area contributed by atoms with Gasteiger partial charge in [0.2, 0.25) is 0 Å². The summed E-state index contributed by atoms with van der Waals surface area (Å²) in [7, 11) is 0. The molecule has 1 saturated heterocycles. The summed E-state index contributed by atoms with van der Waals surface area (Å²) in [5.41, 5.74) is 6.82. The Labute approximate surface area is 192 Å². The first-order valence-electron chi connectivity index (χ1n) is 12.1. The zero-order valence-corrected chi connectivity index (χ0v) is 20.1. The number of benzene rings is 1. The normalized spacial score (nSPS) is 15.9. The van der Waals surface area contributed by atoms with E-state index in [2.05, 4.69) is 84.5 Å². The standard InChI is InChI=1S/C27H37N5/c1-5-13-30-15-17-31(18-16-30)14-7-8-23-9-11-24(12-10-23)20-32-25(6-2)29-26-21(3)19-22(4)28-27(26)32/h7-12,19H,5-6,13-18,20H2,1-4H3/b8-7+. The first-order chi connectivity index (χ1) is 15.6. The highest BCUT2D eigenvalue weighted by atomic mass is 15.3. The van der Waals surface area contributed by atoms with E-state index in [1.165, 1.54) is 55.8 Å². The van der Waals surface area contributed by atoms with Crippen LogP contribution in [0, 0.1) is 13.8 Å². The third-order valence-corrected chi connectivity index (χ3v) is 6.42. The number of pyridine rings is 1. The highest BCUT2D eigenvalue weighted by Gasteiger charge is 2.15. The Balaban J connectivity index is 1.39. The van der Waals surface area contributed by atoms with Crippen molar-refractivity contribution in [3.8, 4) is 0 Å². The van der Waals surface area contributed by atoms with Crippen LogP contribution in [0.4, 0.5) is 0 Å². The van der Waals surface area contributed by atoms with E-state index in [-0.39, 0.29) is 0 Å². The second-order valence-corrected chi connectivity index (χ2v) is 9.01. The molecule has 1 aliphatic rings. The first-order valence-corrected chi connectivity index (χ1v) is 12.1. The number of fused-ring (bicyclic) bond motifs is 1. The summed E-state index contributed by atoms with van der Waals surface area (Å²) in [5, 5.41) is 0. The molecule has 0 N–H and O–H groups in total. The van der Waals surface area contributed by atoms with Gasteiger partial charge in [-0.05, 0) is 49.6 Å². The lowest BCUT2D eigenvalue weighted by molar-refractivity contribution is 0.143. The van der Waals surface area contributed by atoms with Gasteiger partial charge in [0.15, 0.2) is 5.65 Å². The maximum absolute atomic E-state index is 4.87. The summed E-state index contributed by atoms with van der Waals surface area (Å²) in [5.74, 6) is 1.10. The Bertz CT molecular complexity index is 1060. The van der Waals surface area contributed by atoms with Crippen molar-refractivity contribution >= 4 is 17.2 Å². The molecular weight excluding hydrogens is 394 g/mol. The quantitative estimate of drug-likeness (QED) is 0.518. The van der Waals surface area contributed by atoms with Gasteiger partial charge < -0.3 is 9.47 Å². The lowest BCUT2D eigenvalue weighted by Crippen LogP contribution is -2.46. The molecule has 0 spiro atoms. The first kappa shape index (κ1) is 22.7. The molecule has 3 aromatic rings. The van der Waals surface area contributed by atoms with Crippen molar-refractivity contribution in [2.24, 2.45) is 0 Å². The molecule has 0 atom stereocenters. The highest BCUT2D eigenvalue weighted by molar-refractivity contribution is 5.76. The summed E-state index contributed by atoms with van der Waals surface area (Å²) in [6.07, 6.45) is 6.71. The number of hydrogen-bond donors (Lipinski definition) is 0. The van der Waals surface area contributed by atoms with E-state index in [0.29, 0.717) is 0 Å². The van der Waals surface area contributed by atoms with Gasteiger partial charge in [0.05, 0.1) is 6.54 Å². The van der Waals surface area contributed by atoms with Crippen LogP contribution in [-0.4, -0.2) is 63.6 Å². The summed E-state index contributed by atoms with van der Waals surface area (Å²) >= 11 is 0. The lowest BCUT2D eigenvalue weighted by atomic mass is 10.1. The van der Waals surface area contributed by atoms with Crippen LogP contribution in [0.2, 0.25) is 0 Å². The van der Waals surface area contributed by atoms with Crippen LogP contribution >= 0.6 is 0 Å². The van der Waals surface area contributed by atoms with E-state index in [9.17, 15) is 0 Å². The minimum Gasteiger partial charge on any atom is -0.308 e. The molecule has 3 heterocycles. The largest absolute Gasteiger partial charge is 0.308 e. The topological polar surface area (TPSA) is 37.2 Å². The van der Waals surface area contributed by atoms with Crippen molar-refractivity contribution in [1.82, 2.24) is 24.3 Å². The van der Waals surface area contributed by atoms with E-state index in [4.69, 9.17) is 9.97 Å². The summed E-state index contributed by atoms with van der Waals surface area (Å²) < 4.78 is 2.28. The lowest BCUT2D eigenvalue weighted by Gasteiger charge is -2.33. The minimum absolute atomic E-state index is 0.807. The second kappa shape index (κ2) is 10.4. The molecule has 0 aliphatic carbocycles. The van der Waals surface area contributed by atoms with E-state index in [1.54, 1.807) is 0 Å². The molecule has 5 heteroatoms. The highest BCUT2D eigenvalue weighted by Crippen LogP contribution is 2.21. The molecule has 0 unspecified atom stereocenters. The van der Waals surface area contributed by atoms with Crippen LogP contribution in [0.5, 0.6) is 0 Å². The van der Waals surface area contributed by atoms with Gasteiger partial charge in [-0.25, -0.2) is 9.97 Å². The van der Waals surface area contributed by atoms with Gasteiger partial charge in [-0.2, -0.15) is 0 Å². The summed E-state index contributed by atoms with van der Waals surface area (Å²) in [6.45, 7) is 16.4. The maximum atomic E-state index is 4.87. The fraction of sp³-hybridized carbons (Fsp3) is 0.481. The van der Waals surface area contributed by atoms with E-state index in [0.717, 1.165) is 42.2 Å². The molecule has 2 aromatic heterocycles. The fourth-order valence-corrected chi connectivity index (χ4v) is 4.65. The molecule has 0 radical (unpaired) electrons. The third-order valence-electron chi connectivity index (χ3n) is 6.42. The van der Waals surface area contributed by atoms with Crippen molar-refractivity contribution in [2.45, 2.75) is 47.1 Å². The van der Waals surface area contributed by atoms with Gasteiger partial charge in [-0.15, -0.1) is 0 Å². The molecule has 170 valence electrons. The molecule has 4 rings (SSSR count). The Hall–Kier alpha value is -2.50. The molecule has 0 saturated carbocycles. The van der Waals surface area contributed by atoms with E-state index < -0.39 is 0 Å². The van der Waals surface area contributed by atoms with Crippen molar-refractivity contribution in [1.29, 1.82) is 0 Å². The summed E-state index contributed by atoms with van der Waals surface area (Å²) in [4.78, 5) is 14.8. The Morgan fingerprint density at radius 2 is 1.66 bits per heavy atom.